The molecular weight excluding hydrogens is 156 g/mol. The fourth-order valence-corrected chi connectivity index (χ4v) is 1.22. The SMILES string of the molecule is CCc1ccc(NN)c(S)c1. The van der Waals surface area contributed by atoms with Crippen LogP contribution in [0.3, 0.4) is 0 Å². The second-order valence-corrected chi connectivity index (χ2v) is 2.83. The van der Waals surface area contributed by atoms with Gasteiger partial charge in [-0.2, -0.15) is 0 Å². The number of nitrogen functional groups attached to an aromatic ring is 1. The molecule has 0 aliphatic heterocycles. The van der Waals surface area contributed by atoms with E-state index in [0.29, 0.717) is 0 Å². The summed E-state index contributed by atoms with van der Waals surface area (Å²) in [4.78, 5) is 0.895. The summed E-state index contributed by atoms with van der Waals surface area (Å²) in [6.07, 6.45) is 1.03. The summed E-state index contributed by atoms with van der Waals surface area (Å²) in [5.41, 5.74) is 4.71. The Bertz CT molecular complexity index is 248. The second-order valence-electron chi connectivity index (χ2n) is 2.35. The third-order valence-electron chi connectivity index (χ3n) is 1.63. The van der Waals surface area contributed by atoms with Crippen LogP contribution in [0.5, 0.6) is 0 Å². The third kappa shape index (κ3) is 1.88. The minimum absolute atomic E-state index is 0.866. The Labute approximate surface area is 72.2 Å². The van der Waals surface area contributed by atoms with Crippen LogP contribution in [0.4, 0.5) is 5.69 Å². The highest BCUT2D eigenvalue weighted by Crippen LogP contribution is 2.20. The summed E-state index contributed by atoms with van der Waals surface area (Å²) in [5.74, 6) is 5.24. The average molecular weight is 168 g/mol. The molecule has 1 aromatic rings. The molecule has 0 heterocycles. The summed E-state index contributed by atoms with van der Waals surface area (Å²) in [6, 6.07) is 5.98. The van der Waals surface area contributed by atoms with Crippen LogP contribution >= 0.6 is 12.6 Å². The molecule has 3 N–H and O–H groups in total. The molecule has 1 rings (SSSR count). The number of thiol groups is 1. The number of rotatable bonds is 2. The average Bonchev–Trinajstić information content (AvgIpc) is 2.04. The number of benzene rings is 1. The zero-order chi connectivity index (χ0) is 8.27. The van der Waals surface area contributed by atoms with E-state index in [1.165, 1.54) is 5.56 Å². The molecule has 0 fully saturated rings. The van der Waals surface area contributed by atoms with Crippen molar-refractivity contribution < 1.29 is 0 Å². The number of anilines is 1. The lowest BCUT2D eigenvalue weighted by Gasteiger charge is -2.04. The number of nitrogens with one attached hydrogen (secondary N) is 1. The maximum absolute atomic E-state index is 5.24. The van der Waals surface area contributed by atoms with Crippen molar-refractivity contribution in [3.63, 3.8) is 0 Å². The normalized spacial score (nSPS) is 9.73. The zero-order valence-electron chi connectivity index (χ0n) is 6.46. The van der Waals surface area contributed by atoms with Crippen LogP contribution in [-0.2, 0) is 6.42 Å². The lowest BCUT2D eigenvalue weighted by Crippen LogP contribution is -2.07. The highest BCUT2D eigenvalue weighted by atomic mass is 32.1. The van der Waals surface area contributed by atoms with Gasteiger partial charge in [0.05, 0.1) is 5.69 Å². The van der Waals surface area contributed by atoms with Gasteiger partial charge in [0.2, 0.25) is 0 Å². The number of hydrazine groups is 1. The smallest absolute Gasteiger partial charge is 0.0618 e. The summed E-state index contributed by atoms with van der Waals surface area (Å²) in [5, 5.41) is 0. The molecule has 60 valence electrons. The maximum atomic E-state index is 5.24. The highest BCUT2D eigenvalue weighted by Gasteiger charge is 1.96. The minimum atomic E-state index is 0.866. The van der Waals surface area contributed by atoms with Gasteiger partial charge in [-0.25, -0.2) is 0 Å². The van der Waals surface area contributed by atoms with Gasteiger partial charge in [0, 0.05) is 4.90 Å². The molecule has 0 atom stereocenters. The largest absolute Gasteiger partial charge is 0.323 e. The van der Waals surface area contributed by atoms with Crippen LogP contribution < -0.4 is 11.3 Å². The molecule has 0 saturated carbocycles. The van der Waals surface area contributed by atoms with Gasteiger partial charge in [-0.1, -0.05) is 13.0 Å². The van der Waals surface area contributed by atoms with E-state index in [1.54, 1.807) is 0 Å². The van der Waals surface area contributed by atoms with Crippen molar-refractivity contribution in [3.05, 3.63) is 23.8 Å². The van der Waals surface area contributed by atoms with E-state index in [4.69, 9.17) is 5.84 Å². The monoisotopic (exact) mass is 168 g/mol. The topological polar surface area (TPSA) is 38.0 Å². The van der Waals surface area contributed by atoms with Crippen LogP contribution in [-0.4, -0.2) is 0 Å². The van der Waals surface area contributed by atoms with E-state index >= 15 is 0 Å². The lowest BCUT2D eigenvalue weighted by atomic mass is 10.1. The fraction of sp³-hybridized carbons (Fsp3) is 0.250. The van der Waals surface area contributed by atoms with Gasteiger partial charge in [0.25, 0.3) is 0 Å². The van der Waals surface area contributed by atoms with Crippen molar-refractivity contribution in [2.24, 2.45) is 5.84 Å². The van der Waals surface area contributed by atoms with Crippen LogP contribution in [0.1, 0.15) is 12.5 Å². The Hall–Kier alpha value is -0.670. The Balaban J connectivity index is 2.99. The Kier molecular flexibility index (Phi) is 2.79. The molecule has 11 heavy (non-hydrogen) atoms. The van der Waals surface area contributed by atoms with E-state index in [0.717, 1.165) is 17.0 Å². The van der Waals surface area contributed by atoms with E-state index in [2.05, 4.69) is 25.0 Å². The molecule has 3 heteroatoms. The predicted molar refractivity (Wildman–Crippen MR) is 50.9 cm³/mol. The van der Waals surface area contributed by atoms with Crippen molar-refractivity contribution in [1.82, 2.24) is 0 Å². The quantitative estimate of drug-likeness (QED) is 0.358. The van der Waals surface area contributed by atoms with E-state index < -0.39 is 0 Å². The van der Waals surface area contributed by atoms with Gasteiger partial charge in [-0.15, -0.1) is 12.6 Å². The van der Waals surface area contributed by atoms with Gasteiger partial charge in [-0.05, 0) is 24.1 Å². The molecule has 0 saturated heterocycles. The summed E-state index contributed by atoms with van der Waals surface area (Å²) in [7, 11) is 0. The molecule has 2 nitrogen and oxygen atoms in total. The zero-order valence-corrected chi connectivity index (χ0v) is 7.36. The number of hydrogen-bond donors (Lipinski definition) is 3. The summed E-state index contributed by atoms with van der Waals surface area (Å²) < 4.78 is 0. The fourth-order valence-electron chi connectivity index (χ4n) is 0.919. The van der Waals surface area contributed by atoms with Crippen LogP contribution in [0.15, 0.2) is 23.1 Å². The Morgan fingerprint density at radius 1 is 1.55 bits per heavy atom. The molecule has 1 aromatic carbocycles. The summed E-state index contributed by atoms with van der Waals surface area (Å²) >= 11 is 4.26. The molecule has 0 aromatic heterocycles. The standard InChI is InChI=1S/C8H12N2S/c1-2-6-3-4-7(10-9)8(11)5-6/h3-5,10-11H,2,9H2,1H3. The molecule has 0 aliphatic rings. The Morgan fingerprint density at radius 2 is 2.27 bits per heavy atom. The van der Waals surface area contributed by atoms with Gasteiger partial charge in [-0.3, -0.25) is 5.84 Å². The van der Waals surface area contributed by atoms with Crippen molar-refractivity contribution in [3.8, 4) is 0 Å². The first-order chi connectivity index (χ1) is 5.27. The van der Waals surface area contributed by atoms with E-state index in [9.17, 15) is 0 Å². The molecule has 0 spiro atoms. The number of aryl methyl sites for hydroxylation is 1. The van der Waals surface area contributed by atoms with Crippen molar-refractivity contribution in [1.29, 1.82) is 0 Å². The van der Waals surface area contributed by atoms with Crippen LogP contribution in [0.25, 0.3) is 0 Å². The van der Waals surface area contributed by atoms with Crippen LogP contribution in [0.2, 0.25) is 0 Å². The van der Waals surface area contributed by atoms with Gasteiger partial charge < -0.3 is 5.43 Å². The molecule has 0 radical (unpaired) electrons. The van der Waals surface area contributed by atoms with Gasteiger partial charge >= 0.3 is 0 Å². The van der Waals surface area contributed by atoms with Gasteiger partial charge in [0.1, 0.15) is 0 Å². The van der Waals surface area contributed by atoms with Crippen molar-refractivity contribution in [2.75, 3.05) is 5.43 Å². The molecule has 0 amide bonds. The van der Waals surface area contributed by atoms with Gasteiger partial charge in [0.15, 0.2) is 0 Å². The third-order valence-corrected chi connectivity index (χ3v) is 2.00. The molecule has 0 aliphatic carbocycles. The van der Waals surface area contributed by atoms with E-state index in [-0.39, 0.29) is 0 Å². The van der Waals surface area contributed by atoms with Crippen molar-refractivity contribution >= 4 is 18.3 Å². The second kappa shape index (κ2) is 3.64. The first kappa shape index (κ1) is 8.43. The van der Waals surface area contributed by atoms with Crippen LogP contribution in [0, 0.1) is 0 Å². The maximum Gasteiger partial charge on any atom is 0.0618 e. The van der Waals surface area contributed by atoms with Crippen molar-refractivity contribution in [2.45, 2.75) is 18.2 Å². The highest BCUT2D eigenvalue weighted by molar-refractivity contribution is 7.80. The number of nitrogens with two attached hydrogens (primary N) is 1. The van der Waals surface area contributed by atoms with E-state index in [1.807, 2.05) is 18.2 Å². The molecule has 0 unspecified atom stereocenters. The predicted octanol–water partition coefficient (Wildman–Crippen LogP) is 1.82. The first-order valence-corrected chi connectivity index (χ1v) is 4.01. The molecular formula is C8H12N2S. The summed E-state index contributed by atoms with van der Waals surface area (Å²) in [6.45, 7) is 2.11. The Morgan fingerprint density at radius 3 is 2.73 bits per heavy atom. The number of hydrogen-bond acceptors (Lipinski definition) is 3. The lowest BCUT2D eigenvalue weighted by molar-refractivity contribution is 1.12. The minimum Gasteiger partial charge on any atom is -0.323 e. The first-order valence-electron chi connectivity index (χ1n) is 3.56. The molecule has 0 bridgehead atoms.